The molecule has 5 nitrogen and oxygen atoms in total. The fraction of sp³-hybridized carbons (Fsp3) is 0.250. The molecular weight excluding hydrogens is 314 g/mol. The Morgan fingerprint density at radius 1 is 1.40 bits per heavy atom. The summed E-state index contributed by atoms with van der Waals surface area (Å²) < 4.78 is 2.06. The molecule has 1 aromatic carbocycles. The third kappa shape index (κ3) is 2.30. The predicted octanol–water partition coefficient (Wildman–Crippen LogP) is 3.57. The standard InChI is InChI=1S/C20H17N3O2/c1-11-7-13(8-14(9-21)19(11)24)20(25)17-15-5-6-22-10-16(15)23(2)18(17)12-3-4-12/h5-8,10,12,24H,3-4H2,1-2H3. The van der Waals surface area contributed by atoms with E-state index in [1.54, 1.807) is 25.4 Å². The van der Waals surface area contributed by atoms with Crippen LogP contribution in [0.2, 0.25) is 0 Å². The maximum Gasteiger partial charge on any atom is 0.195 e. The summed E-state index contributed by atoms with van der Waals surface area (Å²) in [5.74, 6) is 0.215. The molecule has 2 heterocycles. The van der Waals surface area contributed by atoms with Gasteiger partial charge in [0.25, 0.3) is 0 Å². The highest BCUT2D eigenvalue weighted by atomic mass is 16.3. The third-order valence-electron chi connectivity index (χ3n) is 4.92. The van der Waals surface area contributed by atoms with Crippen molar-refractivity contribution in [2.24, 2.45) is 7.05 Å². The van der Waals surface area contributed by atoms with Crippen molar-refractivity contribution in [2.75, 3.05) is 0 Å². The van der Waals surface area contributed by atoms with Gasteiger partial charge in [0.1, 0.15) is 11.8 Å². The zero-order valence-electron chi connectivity index (χ0n) is 14.1. The molecule has 1 fully saturated rings. The number of rotatable bonds is 3. The van der Waals surface area contributed by atoms with Gasteiger partial charge in [0, 0.05) is 35.8 Å². The molecule has 1 saturated carbocycles. The maximum atomic E-state index is 13.3. The second kappa shape index (κ2) is 5.45. The van der Waals surface area contributed by atoms with Gasteiger partial charge in [-0.2, -0.15) is 5.26 Å². The molecular formula is C20H17N3O2. The second-order valence-corrected chi connectivity index (χ2v) is 6.62. The van der Waals surface area contributed by atoms with Crippen molar-refractivity contribution in [3.05, 3.63) is 58.5 Å². The lowest BCUT2D eigenvalue weighted by Gasteiger charge is -2.08. The van der Waals surface area contributed by atoms with Crippen LogP contribution in [0, 0.1) is 18.3 Å². The number of hydrogen-bond donors (Lipinski definition) is 1. The minimum absolute atomic E-state index is 0.0661. The summed E-state index contributed by atoms with van der Waals surface area (Å²) in [6.45, 7) is 1.70. The van der Waals surface area contributed by atoms with Crippen molar-refractivity contribution < 1.29 is 9.90 Å². The first-order valence-corrected chi connectivity index (χ1v) is 8.23. The SMILES string of the molecule is Cc1cc(C(=O)c2c(C3CC3)n(C)c3cnccc23)cc(C#N)c1O. The average Bonchev–Trinajstić information content (AvgIpc) is 3.41. The largest absolute Gasteiger partial charge is 0.506 e. The Morgan fingerprint density at radius 3 is 2.84 bits per heavy atom. The quantitative estimate of drug-likeness (QED) is 0.744. The number of aromatic nitrogens is 2. The van der Waals surface area contributed by atoms with Crippen LogP contribution in [0.5, 0.6) is 5.75 Å². The number of aryl methyl sites for hydroxylation is 2. The van der Waals surface area contributed by atoms with Crippen molar-refractivity contribution in [1.29, 1.82) is 5.26 Å². The number of phenols is 1. The van der Waals surface area contributed by atoms with Gasteiger partial charge in [-0.05, 0) is 43.5 Å². The molecule has 3 aromatic rings. The van der Waals surface area contributed by atoms with Crippen molar-refractivity contribution in [3.8, 4) is 11.8 Å². The van der Waals surface area contributed by atoms with Gasteiger partial charge >= 0.3 is 0 Å². The highest BCUT2D eigenvalue weighted by Crippen LogP contribution is 2.45. The van der Waals surface area contributed by atoms with Crippen LogP contribution < -0.4 is 0 Å². The van der Waals surface area contributed by atoms with E-state index in [-0.39, 0.29) is 17.1 Å². The van der Waals surface area contributed by atoms with E-state index < -0.39 is 0 Å². The summed E-state index contributed by atoms with van der Waals surface area (Å²) >= 11 is 0. The number of nitrogens with zero attached hydrogens (tertiary/aromatic N) is 3. The molecule has 0 amide bonds. The first-order valence-electron chi connectivity index (χ1n) is 8.23. The summed E-state index contributed by atoms with van der Waals surface area (Å²) in [6.07, 6.45) is 5.63. The molecule has 1 N–H and O–H groups in total. The Labute approximate surface area is 145 Å². The first kappa shape index (κ1) is 15.4. The van der Waals surface area contributed by atoms with Gasteiger partial charge in [-0.15, -0.1) is 0 Å². The molecule has 0 aliphatic heterocycles. The monoisotopic (exact) mass is 331 g/mol. The molecule has 2 aromatic heterocycles. The van der Waals surface area contributed by atoms with Crippen LogP contribution in [-0.2, 0) is 7.05 Å². The van der Waals surface area contributed by atoms with Gasteiger partial charge in [-0.3, -0.25) is 9.78 Å². The third-order valence-corrected chi connectivity index (χ3v) is 4.92. The summed E-state index contributed by atoms with van der Waals surface area (Å²) in [7, 11) is 1.97. The van der Waals surface area contributed by atoms with Crippen molar-refractivity contribution in [2.45, 2.75) is 25.7 Å². The van der Waals surface area contributed by atoms with Gasteiger partial charge < -0.3 is 9.67 Å². The van der Waals surface area contributed by atoms with Crippen molar-refractivity contribution >= 4 is 16.7 Å². The number of fused-ring (bicyclic) bond motifs is 1. The highest BCUT2D eigenvalue weighted by Gasteiger charge is 2.33. The molecule has 0 atom stereocenters. The van der Waals surface area contributed by atoms with Crippen LogP contribution in [-0.4, -0.2) is 20.4 Å². The summed E-state index contributed by atoms with van der Waals surface area (Å²) in [6, 6.07) is 6.95. The Morgan fingerprint density at radius 2 is 2.16 bits per heavy atom. The Kier molecular flexibility index (Phi) is 3.36. The van der Waals surface area contributed by atoms with Gasteiger partial charge in [0.15, 0.2) is 5.78 Å². The van der Waals surface area contributed by atoms with Crippen LogP contribution in [0.3, 0.4) is 0 Å². The Bertz CT molecular complexity index is 1070. The molecule has 0 unspecified atom stereocenters. The normalized spacial score (nSPS) is 13.8. The van der Waals surface area contributed by atoms with E-state index in [0.717, 1.165) is 29.4 Å². The lowest BCUT2D eigenvalue weighted by atomic mass is 9.95. The highest BCUT2D eigenvalue weighted by molar-refractivity contribution is 6.18. The zero-order valence-corrected chi connectivity index (χ0v) is 14.1. The van der Waals surface area contributed by atoms with E-state index in [4.69, 9.17) is 0 Å². The predicted molar refractivity (Wildman–Crippen MR) is 93.7 cm³/mol. The van der Waals surface area contributed by atoms with E-state index in [1.807, 2.05) is 19.2 Å². The lowest BCUT2D eigenvalue weighted by Crippen LogP contribution is -2.07. The lowest BCUT2D eigenvalue weighted by molar-refractivity contribution is 0.103. The smallest absolute Gasteiger partial charge is 0.195 e. The van der Waals surface area contributed by atoms with Crippen molar-refractivity contribution in [1.82, 2.24) is 9.55 Å². The topological polar surface area (TPSA) is 78.9 Å². The molecule has 0 spiro atoms. The van der Waals surface area contributed by atoms with E-state index in [0.29, 0.717) is 22.6 Å². The molecule has 1 aliphatic rings. The van der Waals surface area contributed by atoms with Gasteiger partial charge in [-0.25, -0.2) is 0 Å². The number of benzene rings is 1. The second-order valence-electron chi connectivity index (χ2n) is 6.62. The number of nitriles is 1. The van der Waals surface area contributed by atoms with Gasteiger partial charge in [0.2, 0.25) is 0 Å². The molecule has 0 saturated heterocycles. The minimum Gasteiger partial charge on any atom is -0.506 e. The average molecular weight is 331 g/mol. The molecule has 25 heavy (non-hydrogen) atoms. The summed E-state index contributed by atoms with van der Waals surface area (Å²) in [5.41, 5.74) is 3.74. The molecule has 4 rings (SSSR count). The fourth-order valence-corrected chi connectivity index (χ4v) is 3.51. The summed E-state index contributed by atoms with van der Waals surface area (Å²) in [4.78, 5) is 17.5. The zero-order chi connectivity index (χ0) is 17.7. The molecule has 0 bridgehead atoms. The Balaban J connectivity index is 1.96. The number of ketones is 1. The van der Waals surface area contributed by atoms with Crippen LogP contribution in [0.15, 0.2) is 30.6 Å². The number of pyridine rings is 1. The number of aromatic hydroxyl groups is 1. The maximum absolute atomic E-state index is 13.3. The first-order chi connectivity index (χ1) is 12.0. The van der Waals surface area contributed by atoms with Gasteiger partial charge in [0.05, 0.1) is 22.8 Å². The van der Waals surface area contributed by atoms with Crippen LogP contribution in [0.4, 0.5) is 0 Å². The molecule has 124 valence electrons. The number of carbonyl (C=O) groups is 1. The minimum atomic E-state index is -0.113. The van der Waals surface area contributed by atoms with Crippen LogP contribution in [0.1, 0.15) is 51.5 Å². The molecule has 0 radical (unpaired) electrons. The van der Waals surface area contributed by atoms with Crippen molar-refractivity contribution in [3.63, 3.8) is 0 Å². The van der Waals surface area contributed by atoms with E-state index in [1.165, 1.54) is 6.07 Å². The number of hydrogen-bond acceptors (Lipinski definition) is 4. The number of phenolic OH excluding ortho intramolecular Hbond substituents is 1. The molecule has 5 heteroatoms. The Hall–Kier alpha value is -3.13. The van der Waals surface area contributed by atoms with Gasteiger partial charge in [-0.1, -0.05) is 0 Å². The van der Waals surface area contributed by atoms with E-state index >= 15 is 0 Å². The van der Waals surface area contributed by atoms with Crippen LogP contribution >= 0.6 is 0 Å². The fourth-order valence-electron chi connectivity index (χ4n) is 3.51. The van der Waals surface area contributed by atoms with E-state index in [2.05, 4.69) is 9.55 Å². The molecule has 1 aliphatic carbocycles. The summed E-state index contributed by atoms with van der Waals surface area (Å²) in [5, 5.41) is 20.1. The number of carbonyl (C=O) groups excluding carboxylic acids is 1. The van der Waals surface area contributed by atoms with Crippen LogP contribution in [0.25, 0.3) is 10.9 Å². The van der Waals surface area contributed by atoms with E-state index in [9.17, 15) is 15.2 Å².